The number of methoxy groups -OCH3 is 1. The van der Waals surface area contributed by atoms with Crippen molar-refractivity contribution in [1.82, 2.24) is 25.2 Å². The van der Waals surface area contributed by atoms with E-state index in [-0.39, 0.29) is 30.0 Å². The Bertz CT molecular complexity index is 834. The molecule has 1 N–H and O–H groups in total. The van der Waals surface area contributed by atoms with E-state index in [9.17, 15) is 0 Å². The Morgan fingerprint density at radius 3 is 2.42 bits per heavy atom. The number of guanidine groups is 1. The SMILES string of the molecule is CN=C(NCC(c1ccc(OC)cc1)N1CCOCC1)N1CCN(Cc2ccon2)CC1.I. The van der Waals surface area contributed by atoms with Gasteiger partial charge in [0.25, 0.3) is 0 Å². The van der Waals surface area contributed by atoms with E-state index in [1.807, 2.05) is 25.2 Å². The van der Waals surface area contributed by atoms with Gasteiger partial charge in [0.2, 0.25) is 0 Å². The Morgan fingerprint density at radius 1 is 1.09 bits per heavy atom. The summed E-state index contributed by atoms with van der Waals surface area (Å²) in [4.78, 5) is 11.8. The van der Waals surface area contributed by atoms with Crippen LogP contribution in [0.25, 0.3) is 0 Å². The van der Waals surface area contributed by atoms with Crippen molar-refractivity contribution in [3.05, 3.63) is 47.9 Å². The smallest absolute Gasteiger partial charge is 0.193 e. The van der Waals surface area contributed by atoms with Crippen LogP contribution in [0.4, 0.5) is 0 Å². The average Bonchev–Trinajstić information content (AvgIpc) is 3.36. The minimum atomic E-state index is 0. The summed E-state index contributed by atoms with van der Waals surface area (Å²) in [7, 11) is 3.56. The van der Waals surface area contributed by atoms with Crippen LogP contribution in [0.5, 0.6) is 5.75 Å². The minimum Gasteiger partial charge on any atom is -0.497 e. The maximum absolute atomic E-state index is 5.58. The quantitative estimate of drug-likeness (QED) is 0.308. The minimum absolute atomic E-state index is 0. The summed E-state index contributed by atoms with van der Waals surface area (Å²) in [6.07, 6.45) is 1.63. The molecule has 33 heavy (non-hydrogen) atoms. The van der Waals surface area contributed by atoms with Gasteiger partial charge in [-0.2, -0.15) is 0 Å². The number of aromatic nitrogens is 1. The van der Waals surface area contributed by atoms with Crippen LogP contribution >= 0.6 is 24.0 Å². The highest BCUT2D eigenvalue weighted by atomic mass is 127. The number of piperazine rings is 1. The first kappa shape index (κ1) is 25.7. The lowest BCUT2D eigenvalue weighted by Gasteiger charge is -2.38. The number of ether oxygens (including phenoxy) is 2. The van der Waals surface area contributed by atoms with E-state index in [2.05, 4.69) is 42.3 Å². The molecule has 0 amide bonds. The van der Waals surface area contributed by atoms with E-state index < -0.39 is 0 Å². The molecule has 182 valence electrons. The molecule has 3 heterocycles. The molecule has 0 saturated carbocycles. The summed E-state index contributed by atoms with van der Waals surface area (Å²) in [6.45, 7) is 8.83. The Morgan fingerprint density at radius 2 is 1.82 bits per heavy atom. The summed E-state index contributed by atoms with van der Waals surface area (Å²) >= 11 is 0. The van der Waals surface area contributed by atoms with Gasteiger partial charge in [-0.15, -0.1) is 24.0 Å². The summed E-state index contributed by atoms with van der Waals surface area (Å²) in [5.74, 6) is 1.83. The molecule has 0 bridgehead atoms. The molecule has 2 saturated heterocycles. The normalized spacial score (nSPS) is 19.1. The van der Waals surface area contributed by atoms with Gasteiger partial charge >= 0.3 is 0 Å². The fourth-order valence-electron chi connectivity index (χ4n) is 4.36. The number of halogens is 1. The molecule has 0 aliphatic carbocycles. The summed E-state index contributed by atoms with van der Waals surface area (Å²) in [6, 6.07) is 10.6. The third-order valence-corrected chi connectivity index (χ3v) is 6.20. The third kappa shape index (κ3) is 7.05. The van der Waals surface area contributed by atoms with Crippen LogP contribution < -0.4 is 10.1 Å². The summed E-state index contributed by atoms with van der Waals surface area (Å²) < 4.78 is 15.9. The molecule has 1 aromatic carbocycles. The number of morpholine rings is 1. The van der Waals surface area contributed by atoms with Crippen molar-refractivity contribution < 1.29 is 14.0 Å². The number of rotatable bonds is 7. The second kappa shape index (κ2) is 13.1. The van der Waals surface area contributed by atoms with E-state index in [4.69, 9.17) is 14.0 Å². The van der Waals surface area contributed by atoms with Gasteiger partial charge in [-0.3, -0.25) is 14.8 Å². The molecule has 0 spiro atoms. The molecule has 4 rings (SSSR count). The average molecular weight is 570 g/mol. The predicted molar refractivity (Wildman–Crippen MR) is 138 cm³/mol. The van der Waals surface area contributed by atoms with Crippen LogP contribution in [-0.4, -0.2) is 99.0 Å². The maximum atomic E-state index is 5.58. The van der Waals surface area contributed by atoms with E-state index in [1.54, 1.807) is 13.4 Å². The lowest BCUT2D eigenvalue weighted by molar-refractivity contribution is 0.0168. The van der Waals surface area contributed by atoms with E-state index >= 15 is 0 Å². The highest BCUT2D eigenvalue weighted by molar-refractivity contribution is 14.0. The fourth-order valence-corrected chi connectivity index (χ4v) is 4.36. The van der Waals surface area contributed by atoms with Crippen molar-refractivity contribution in [3.8, 4) is 5.75 Å². The van der Waals surface area contributed by atoms with Gasteiger partial charge in [-0.05, 0) is 17.7 Å². The van der Waals surface area contributed by atoms with Crippen LogP contribution in [0.2, 0.25) is 0 Å². The van der Waals surface area contributed by atoms with E-state index in [0.29, 0.717) is 0 Å². The van der Waals surface area contributed by atoms with Crippen molar-refractivity contribution in [3.63, 3.8) is 0 Å². The van der Waals surface area contributed by atoms with Crippen LogP contribution in [0.15, 0.2) is 46.1 Å². The molecule has 2 aliphatic rings. The number of aliphatic imine (C=N–C) groups is 1. The molecule has 1 aromatic heterocycles. The summed E-state index contributed by atoms with van der Waals surface area (Å²) in [5, 5.41) is 7.67. The topological polar surface area (TPSA) is 78.6 Å². The zero-order chi connectivity index (χ0) is 22.2. The maximum Gasteiger partial charge on any atom is 0.193 e. The second-order valence-electron chi connectivity index (χ2n) is 8.12. The molecule has 1 atom stereocenters. The Hall–Kier alpha value is -1.89. The number of nitrogens with zero attached hydrogens (tertiary/aromatic N) is 5. The van der Waals surface area contributed by atoms with Gasteiger partial charge in [0.15, 0.2) is 5.96 Å². The van der Waals surface area contributed by atoms with Crippen LogP contribution in [0, 0.1) is 0 Å². The first-order chi connectivity index (χ1) is 15.8. The Labute approximate surface area is 213 Å². The molecule has 1 unspecified atom stereocenters. The Kier molecular flexibility index (Phi) is 10.2. The van der Waals surface area contributed by atoms with Gasteiger partial charge in [0.1, 0.15) is 12.0 Å². The van der Waals surface area contributed by atoms with Crippen LogP contribution in [-0.2, 0) is 11.3 Å². The van der Waals surface area contributed by atoms with Crippen molar-refractivity contribution in [2.45, 2.75) is 12.6 Å². The number of benzene rings is 1. The molecule has 0 radical (unpaired) electrons. The van der Waals surface area contributed by atoms with Crippen LogP contribution in [0.3, 0.4) is 0 Å². The fraction of sp³-hybridized carbons (Fsp3) is 0.565. The number of hydrogen-bond donors (Lipinski definition) is 1. The summed E-state index contributed by atoms with van der Waals surface area (Å²) in [5.41, 5.74) is 2.25. The predicted octanol–water partition coefficient (Wildman–Crippen LogP) is 2.07. The molecular weight excluding hydrogens is 535 g/mol. The standard InChI is InChI=1S/C23H34N6O3.HI/c1-24-23(29-10-8-27(9-11-29)18-20-7-14-32-26-20)25-17-22(28-12-15-31-16-13-28)19-3-5-21(30-2)6-4-19;/h3-7,14,22H,8-13,15-18H2,1-2H3,(H,24,25);1H. The molecule has 2 aliphatic heterocycles. The highest BCUT2D eigenvalue weighted by Gasteiger charge is 2.25. The highest BCUT2D eigenvalue weighted by Crippen LogP contribution is 2.24. The lowest BCUT2D eigenvalue weighted by atomic mass is 10.0. The zero-order valence-electron chi connectivity index (χ0n) is 19.5. The van der Waals surface area contributed by atoms with Crippen molar-refractivity contribution in [2.24, 2.45) is 4.99 Å². The zero-order valence-corrected chi connectivity index (χ0v) is 21.8. The first-order valence-electron chi connectivity index (χ1n) is 11.3. The van der Waals surface area contributed by atoms with Gasteiger partial charge in [-0.25, -0.2) is 0 Å². The number of hydrogen-bond acceptors (Lipinski definition) is 7. The van der Waals surface area contributed by atoms with E-state index in [0.717, 1.165) is 83.0 Å². The van der Waals surface area contributed by atoms with Gasteiger partial charge in [0, 0.05) is 65.5 Å². The van der Waals surface area contributed by atoms with Crippen molar-refractivity contribution >= 4 is 29.9 Å². The largest absolute Gasteiger partial charge is 0.497 e. The van der Waals surface area contributed by atoms with E-state index in [1.165, 1.54) is 5.56 Å². The molecule has 2 fully saturated rings. The first-order valence-corrected chi connectivity index (χ1v) is 11.3. The molecular formula is C23H35IN6O3. The molecule has 9 nitrogen and oxygen atoms in total. The van der Waals surface area contributed by atoms with Crippen molar-refractivity contribution in [1.29, 1.82) is 0 Å². The third-order valence-electron chi connectivity index (χ3n) is 6.20. The van der Waals surface area contributed by atoms with Gasteiger partial charge in [0.05, 0.1) is 32.1 Å². The van der Waals surface area contributed by atoms with Crippen molar-refractivity contribution in [2.75, 3.05) is 73.2 Å². The number of nitrogens with one attached hydrogen (secondary N) is 1. The van der Waals surface area contributed by atoms with Crippen LogP contribution in [0.1, 0.15) is 17.3 Å². The molecule has 2 aromatic rings. The second-order valence-corrected chi connectivity index (χ2v) is 8.12. The van der Waals surface area contributed by atoms with Gasteiger partial charge in [-0.1, -0.05) is 17.3 Å². The van der Waals surface area contributed by atoms with Gasteiger partial charge < -0.3 is 24.2 Å². The molecule has 10 heteroatoms. The Balaban J connectivity index is 0.00000306. The lowest BCUT2D eigenvalue weighted by Crippen LogP contribution is -2.53. The monoisotopic (exact) mass is 570 g/mol.